The number of hydrogen-bond donors (Lipinski definition) is 2. The van der Waals surface area contributed by atoms with E-state index in [0.717, 1.165) is 12.1 Å². The highest BCUT2D eigenvalue weighted by atomic mass is 19.4. The van der Waals surface area contributed by atoms with Crippen molar-refractivity contribution >= 4 is 23.0 Å². The number of benzene rings is 1. The lowest BCUT2D eigenvalue weighted by Gasteiger charge is -2.09. The van der Waals surface area contributed by atoms with Gasteiger partial charge in [-0.15, -0.1) is 0 Å². The molecule has 0 aliphatic carbocycles. The number of amides is 1. The molecule has 0 unspecified atom stereocenters. The lowest BCUT2D eigenvalue weighted by atomic mass is 10.2. The molecule has 1 aromatic carbocycles. The molecule has 0 fully saturated rings. The zero-order chi connectivity index (χ0) is 14.6. The Kier molecular flexibility index (Phi) is 4.30. The van der Waals surface area contributed by atoms with Gasteiger partial charge in [0.15, 0.2) is 0 Å². The van der Waals surface area contributed by atoms with Gasteiger partial charge in [0, 0.05) is 18.3 Å². The van der Waals surface area contributed by atoms with E-state index < -0.39 is 22.7 Å². The smallest absolute Gasteiger partial charge is 0.380 e. The number of nitrogens with zero attached hydrogens (tertiary/aromatic N) is 1. The third kappa shape index (κ3) is 3.83. The van der Waals surface area contributed by atoms with Crippen molar-refractivity contribution in [2.75, 3.05) is 17.2 Å². The average Bonchev–Trinajstić information content (AvgIpc) is 2.29. The van der Waals surface area contributed by atoms with Crippen molar-refractivity contribution in [1.82, 2.24) is 0 Å². The minimum atomic E-state index is -5.05. The summed E-state index contributed by atoms with van der Waals surface area (Å²) in [6, 6.07) is 3.24. The van der Waals surface area contributed by atoms with E-state index in [-0.39, 0.29) is 11.4 Å². The normalized spacial score (nSPS) is 10.9. The van der Waals surface area contributed by atoms with Crippen LogP contribution in [0, 0.1) is 10.1 Å². The highest BCUT2D eigenvalue weighted by molar-refractivity contribution is 5.95. The summed E-state index contributed by atoms with van der Waals surface area (Å²) in [4.78, 5) is 20.7. The number of anilines is 2. The van der Waals surface area contributed by atoms with E-state index in [1.165, 1.54) is 6.07 Å². The van der Waals surface area contributed by atoms with Gasteiger partial charge in [-0.3, -0.25) is 14.9 Å². The number of nitro benzene ring substituents is 1. The zero-order valence-electron chi connectivity index (χ0n) is 9.75. The average molecular weight is 277 g/mol. The number of halogens is 3. The van der Waals surface area contributed by atoms with Crippen molar-refractivity contribution in [2.24, 2.45) is 0 Å². The Hall–Kier alpha value is -2.32. The van der Waals surface area contributed by atoms with Gasteiger partial charge in [0.05, 0.1) is 4.92 Å². The molecule has 0 saturated carbocycles. The maximum atomic E-state index is 12.0. The van der Waals surface area contributed by atoms with Crippen LogP contribution in [0.4, 0.5) is 30.2 Å². The Balaban J connectivity index is 3.02. The van der Waals surface area contributed by atoms with Gasteiger partial charge in [-0.25, -0.2) is 0 Å². The van der Waals surface area contributed by atoms with Crippen LogP contribution in [0.5, 0.6) is 0 Å². The van der Waals surface area contributed by atoms with Crippen molar-refractivity contribution in [3.8, 4) is 0 Å². The minimum Gasteiger partial charge on any atom is -0.380 e. The molecule has 104 valence electrons. The molecule has 0 saturated heterocycles. The molecule has 19 heavy (non-hydrogen) atoms. The van der Waals surface area contributed by atoms with Crippen molar-refractivity contribution in [3.63, 3.8) is 0 Å². The maximum absolute atomic E-state index is 12.0. The zero-order valence-corrected chi connectivity index (χ0v) is 9.75. The largest absolute Gasteiger partial charge is 0.471 e. The molecule has 6 nitrogen and oxygen atoms in total. The summed E-state index contributed by atoms with van der Waals surface area (Å²) in [5.74, 6) is -2.18. The molecule has 9 heteroatoms. The van der Waals surface area contributed by atoms with Crippen LogP contribution >= 0.6 is 0 Å². The van der Waals surface area contributed by atoms with Crippen molar-refractivity contribution in [2.45, 2.75) is 13.1 Å². The fraction of sp³-hybridized carbons (Fsp3) is 0.300. The first-order chi connectivity index (χ1) is 8.75. The molecule has 0 heterocycles. The molecule has 2 N–H and O–H groups in total. The van der Waals surface area contributed by atoms with Gasteiger partial charge in [0.1, 0.15) is 5.69 Å². The summed E-state index contributed by atoms with van der Waals surface area (Å²) in [7, 11) is 0. The van der Waals surface area contributed by atoms with Crippen LogP contribution in [-0.4, -0.2) is 23.6 Å². The lowest BCUT2D eigenvalue weighted by Crippen LogP contribution is -2.29. The number of hydrogen-bond acceptors (Lipinski definition) is 4. The number of carbonyl (C=O) groups excluding carboxylic acids is 1. The second-order valence-electron chi connectivity index (χ2n) is 3.47. The minimum absolute atomic E-state index is 0.164. The van der Waals surface area contributed by atoms with E-state index in [1.54, 1.807) is 12.2 Å². The predicted octanol–water partition coefficient (Wildman–Crippen LogP) is 2.53. The Labute approximate surface area is 105 Å². The molecule has 1 aromatic rings. The predicted molar refractivity (Wildman–Crippen MR) is 61.9 cm³/mol. The highest BCUT2D eigenvalue weighted by Gasteiger charge is 2.38. The van der Waals surface area contributed by atoms with Crippen LogP contribution in [-0.2, 0) is 4.79 Å². The third-order valence-electron chi connectivity index (χ3n) is 2.08. The molecular formula is C10H10F3N3O3. The van der Waals surface area contributed by atoms with Crippen molar-refractivity contribution in [3.05, 3.63) is 28.3 Å². The molecule has 0 bridgehead atoms. The van der Waals surface area contributed by atoms with E-state index in [9.17, 15) is 28.1 Å². The SMILES string of the molecule is CCNc1ccc(NC(=O)C(F)(F)F)cc1[N+](=O)[O-]. The Morgan fingerprint density at radius 2 is 2.05 bits per heavy atom. The van der Waals surface area contributed by atoms with Crippen molar-refractivity contribution < 1.29 is 22.9 Å². The Morgan fingerprint density at radius 3 is 2.53 bits per heavy atom. The van der Waals surface area contributed by atoms with Crippen LogP contribution in [0.15, 0.2) is 18.2 Å². The molecule has 0 aliphatic rings. The summed E-state index contributed by atoms with van der Waals surface area (Å²) < 4.78 is 36.1. The van der Waals surface area contributed by atoms with Crippen LogP contribution < -0.4 is 10.6 Å². The topological polar surface area (TPSA) is 84.3 Å². The molecule has 0 atom stereocenters. The molecule has 0 aliphatic heterocycles. The summed E-state index contributed by atoms with van der Waals surface area (Å²) >= 11 is 0. The number of alkyl halides is 3. The molecule has 1 amide bonds. The molecule has 0 spiro atoms. The van der Waals surface area contributed by atoms with Crippen molar-refractivity contribution in [1.29, 1.82) is 0 Å². The molecule has 0 aromatic heterocycles. The van der Waals surface area contributed by atoms with E-state index in [4.69, 9.17) is 0 Å². The van der Waals surface area contributed by atoms with Gasteiger partial charge in [0.2, 0.25) is 0 Å². The fourth-order valence-electron chi connectivity index (χ4n) is 1.30. The van der Waals surface area contributed by atoms with Gasteiger partial charge in [-0.05, 0) is 19.1 Å². The lowest BCUT2D eigenvalue weighted by molar-refractivity contribution is -0.383. The summed E-state index contributed by atoms with van der Waals surface area (Å²) in [5.41, 5.74) is -0.546. The molecule has 1 rings (SSSR count). The first kappa shape index (κ1) is 14.7. The maximum Gasteiger partial charge on any atom is 0.471 e. The molecule has 0 radical (unpaired) electrons. The van der Waals surface area contributed by atoms with E-state index in [2.05, 4.69) is 5.32 Å². The Morgan fingerprint density at radius 1 is 1.42 bits per heavy atom. The summed E-state index contributed by atoms with van der Waals surface area (Å²) in [5, 5.41) is 15.0. The quantitative estimate of drug-likeness (QED) is 0.654. The van der Waals surface area contributed by atoms with Gasteiger partial charge < -0.3 is 10.6 Å². The van der Waals surface area contributed by atoms with E-state index in [0.29, 0.717) is 6.54 Å². The van der Waals surface area contributed by atoms with Gasteiger partial charge in [0.25, 0.3) is 5.69 Å². The number of nitrogens with one attached hydrogen (secondary N) is 2. The highest BCUT2D eigenvalue weighted by Crippen LogP contribution is 2.28. The number of carbonyl (C=O) groups is 1. The molecular weight excluding hydrogens is 267 g/mol. The first-order valence-corrected chi connectivity index (χ1v) is 5.16. The van der Waals surface area contributed by atoms with E-state index >= 15 is 0 Å². The van der Waals surface area contributed by atoms with E-state index in [1.807, 2.05) is 0 Å². The summed E-state index contributed by atoms with van der Waals surface area (Å²) in [6.07, 6.45) is -5.05. The summed E-state index contributed by atoms with van der Waals surface area (Å²) in [6.45, 7) is 2.12. The first-order valence-electron chi connectivity index (χ1n) is 5.16. The van der Waals surface area contributed by atoms with Crippen LogP contribution in [0.3, 0.4) is 0 Å². The number of rotatable bonds is 4. The van der Waals surface area contributed by atoms with Gasteiger partial charge in [-0.2, -0.15) is 13.2 Å². The van der Waals surface area contributed by atoms with Crippen LogP contribution in [0.25, 0.3) is 0 Å². The monoisotopic (exact) mass is 277 g/mol. The third-order valence-corrected chi connectivity index (χ3v) is 2.08. The van der Waals surface area contributed by atoms with Crippen LogP contribution in [0.2, 0.25) is 0 Å². The van der Waals surface area contributed by atoms with Crippen LogP contribution in [0.1, 0.15) is 6.92 Å². The Bertz CT molecular complexity index is 503. The fourth-order valence-corrected chi connectivity index (χ4v) is 1.30. The number of nitro groups is 1. The second-order valence-corrected chi connectivity index (χ2v) is 3.47. The standard InChI is InChI=1S/C10H10F3N3O3/c1-2-14-7-4-3-6(5-8(7)16(18)19)15-9(17)10(11,12)13/h3-5,14H,2H2,1H3,(H,15,17). The van der Waals surface area contributed by atoms with Gasteiger partial charge in [-0.1, -0.05) is 0 Å². The second kappa shape index (κ2) is 5.55. The van der Waals surface area contributed by atoms with Gasteiger partial charge >= 0.3 is 12.1 Å².